The summed E-state index contributed by atoms with van der Waals surface area (Å²) in [5.74, 6) is 2.01. The minimum atomic E-state index is -4.57. The lowest BCUT2D eigenvalue weighted by atomic mass is 9.41. The van der Waals surface area contributed by atoms with E-state index in [1.165, 1.54) is 32.1 Å². The number of carbonyl (C=O) groups is 1. The summed E-state index contributed by atoms with van der Waals surface area (Å²) in [5, 5.41) is 10.6. The largest absolute Gasteiger partial charge is 0.397 e. The van der Waals surface area contributed by atoms with Gasteiger partial charge < -0.3 is 5.11 Å². The van der Waals surface area contributed by atoms with Crippen molar-refractivity contribution in [3.05, 3.63) is 11.6 Å². The number of ketones is 1. The van der Waals surface area contributed by atoms with Crippen LogP contribution in [0.2, 0.25) is 0 Å². The molecule has 37 heavy (non-hydrogen) atoms. The van der Waals surface area contributed by atoms with Gasteiger partial charge in [-0.2, -0.15) is 8.42 Å². The Labute approximate surface area is 224 Å². The van der Waals surface area contributed by atoms with Crippen molar-refractivity contribution in [2.75, 3.05) is 6.61 Å². The van der Waals surface area contributed by atoms with Gasteiger partial charge in [-0.25, -0.2) is 4.18 Å². The maximum absolute atomic E-state index is 12.6. The van der Waals surface area contributed by atoms with Crippen molar-refractivity contribution in [2.45, 2.75) is 112 Å². The molecule has 6 nitrogen and oxygen atoms in total. The smallest absolute Gasteiger partial charge is 0.396 e. The molecule has 0 saturated heterocycles. The van der Waals surface area contributed by atoms with E-state index in [4.69, 9.17) is 4.18 Å². The quantitative estimate of drug-likeness (QED) is 0.299. The maximum atomic E-state index is 12.6. The number of aliphatic hydroxyl groups excluding tert-OH is 1. The molecule has 0 amide bonds. The number of allylic oxidation sites excluding steroid dienone is 2. The summed E-state index contributed by atoms with van der Waals surface area (Å²) in [4.78, 5) is 12.6. The fourth-order valence-corrected chi connectivity index (χ4v) is 12.1. The summed E-state index contributed by atoms with van der Waals surface area (Å²) in [5.41, 5.74) is 1.24. The second-order valence-corrected chi connectivity index (χ2v) is 15.8. The third-order valence-corrected chi connectivity index (χ3v) is 13.6. The van der Waals surface area contributed by atoms with Gasteiger partial charge in [0.25, 0.3) is 0 Å². The first kappa shape index (κ1) is 27.8. The van der Waals surface area contributed by atoms with Crippen LogP contribution in [0.5, 0.6) is 0 Å². The fourth-order valence-electron chi connectivity index (χ4n) is 11.5. The summed E-state index contributed by atoms with van der Waals surface area (Å²) in [6, 6.07) is 0. The molecule has 0 aliphatic heterocycles. The highest BCUT2D eigenvalue weighted by Gasteiger charge is 2.82. The first-order chi connectivity index (χ1) is 17.1. The molecule has 5 aliphatic rings. The summed E-state index contributed by atoms with van der Waals surface area (Å²) >= 11 is 0. The fraction of sp³-hybridized carbons (Fsp3) is 0.900. The van der Waals surface area contributed by atoms with Crippen molar-refractivity contribution in [2.24, 2.45) is 50.7 Å². The highest BCUT2D eigenvalue weighted by Crippen LogP contribution is 2.89. The lowest BCUT2D eigenvalue weighted by molar-refractivity contribution is -0.170. The summed E-state index contributed by atoms with van der Waals surface area (Å²) < 4.78 is 37.8. The van der Waals surface area contributed by atoms with Crippen molar-refractivity contribution < 1.29 is 27.1 Å². The number of hydrogen-bond donors (Lipinski definition) is 2. The van der Waals surface area contributed by atoms with Crippen molar-refractivity contribution in [1.29, 1.82) is 0 Å². The van der Waals surface area contributed by atoms with E-state index >= 15 is 0 Å². The van der Waals surface area contributed by atoms with E-state index in [1.807, 2.05) is 20.8 Å². The van der Waals surface area contributed by atoms with E-state index in [0.717, 1.165) is 24.8 Å². The van der Waals surface area contributed by atoms with Crippen molar-refractivity contribution in [3.63, 3.8) is 0 Å². The molecule has 5 fully saturated rings. The molecule has 5 rings (SSSR count). The Morgan fingerprint density at radius 2 is 1.62 bits per heavy atom. The number of rotatable bonds is 7. The molecule has 10 unspecified atom stereocenters. The summed E-state index contributed by atoms with van der Waals surface area (Å²) in [6.07, 6.45) is 11.3. The van der Waals surface area contributed by atoms with Crippen molar-refractivity contribution >= 4 is 16.2 Å². The first-order valence-corrected chi connectivity index (χ1v) is 15.9. The highest BCUT2D eigenvalue weighted by molar-refractivity contribution is 7.80. The minimum Gasteiger partial charge on any atom is -0.396 e. The van der Waals surface area contributed by atoms with Gasteiger partial charge >= 0.3 is 10.4 Å². The van der Waals surface area contributed by atoms with E-state index in [1.54, 1.807) is 6.08 Å². The van der Waals surface area contributed by atoms with Crippen LogP contribution in [-0.4, -0.2) is 36.6 Å². The molecule has 2 spiro atoms. The Hall–Kier alpha value is -0.760. The van der Waals surface area contributed by atoms with Crippen LogP contribution in [0.4, 0.5) is 0 Å². The van der Waals surface area contributed by atoms with Gasteiger partial charge in [0.15, 0.2) is 5.78 Å². The van der Waals surface area contributed by atoms with Crippen LogP contribution in [0.15, 0.2) is 11.6 Å². The highest BCUT2D eigenvalue weighted by atomic mass is 32.3. The Kier molecular flexibility index (Phi) is 6.47. The van der Waals surface area contributed by atoms with E-state index in [2.05, 4.69) is 20.8 Å². The molecule has 10 atom stereocenters. The van der Waals surface area contributed by atoms with Crippen molar-refractivity contribution in [3.8, 4) is 0 Å². The van der Waals surface area contributed by atoms with Gasteiger partial charge in [0, 0.05) is 11.8 Å². The summed E-state index contributed by atoms with van der Waals surface area (Å²) in [7, 11) is -4.57. The first-order valence-electron chi connectivity index (χ1n) is 14.5. The molecule has 210 valence electrons. The zero-order valence-electron chi connectivity index (χ0n) is 23.7. The predicted octanol–water partition coefficient (Wildman–Crippen LogP) is 6.15. The van der Waals surface area contributed by atoms with Crippen LogP contribution in [0.25, 0.3) is 0 Å². The molecule has 5 aliphatic carbocycles. The molecule has 0 heterocycles. The Morgan fingerprint density at radius 1 is 0.973 bits per heavy atom. The SMILES string of the molecule is CC(C)=CC(=O)CC(C)C1CCC2(C)C3CCC4C(C)(CO)C(OS(=O)(=O)O)CCC45CC35CCC12C. The van der Waals surface area contributed by atoms with Crippen LogP contribution in [0.1, 0.15) is 106 Å². The maximum Gasteiger partial charge on any atom is 0.397 e. The van der Waals surface area contributed by atoms with Gasteiger partial charge in [-0.3, -0.25) is 9.35 Å². The average Bonchev–Trinajstić information content (AvgIpc) is 3.36. The van der Waals surface area contributed by atoms with E-state index in [0.29, 0.717) is 30.6 Å². The van der Waals surface area contributed by atoms with E-state index in [9.17, 15) is 22.9 Å². The molecule has 0 aromatic heterocycles. The van der Waals surface area contributed by atoms with Crippen LogP contribution in [0, 0.1) is 50.7 Å². The molecule has 2 N–H and O–H groups in total. The van der Waals surface area contributed by atoms with Crippen LogP contribution in [-0.2, 0) is 19.4 Å². The average molecular weight is 537 g/mol. The van der Waals surface area contributed by atoms with Gasteiger partial charge in [0.05, 0.1) is 12.7 Å². The third-order valence-electron chi connectivity index (χ3n) is 13.2. The molecule has 5 saturated carbocycles. The topological polar surface area (TPSA) is 101 Å². The number of hydrogen-bond acceptors (Lipinski definition) is 5. The van der Waals surface area contributed by atoms with Gasteiger partial charge in [-0.15, -0.1) is 0 Å². The van der Waals surface area contributed by atoms with Gasteiger partial charge in [0.2, 0.25) is 0 Å². The monoisotopic (exact) mass is 536 g/mol. The zero-order valence-corrected chi connectivity index (χ0v) is 24.5. The lowest BCUT2D eigenvalue weighted by Gasteiger charge is -2.63. The molecular formula is C30H48O6S. The Bertz CT molecular complexity index is 1100. The molecule has 0 aromatic rings. The number of carbonyl (C=O) groups excluding carboxylic acids is 1. The third kappa shape index (κ3) is 3.80. The molecule has 0 bridgehead atoms. The Balaban J connectivity index is 1.41. The number of aliphatic hydroxyl groups is 1. The predicted molar refractivity (Wildman–Crippen MR) is 143 cm³/mol. The molecule has 0 radical (unpaired) electrons. The summed E-state index contributed by atoms with van der Waals surface area (Å²) in [6.45, 7) is 13.2. The molecule has 7 heteroatoms. The van der Waals surface area contributed by atoms with Gasteiger partial charge in [-0.05, 0) is 123 Å². The standard InChI is InChI=1S/C30H48O6S/c1-19(2)15-21(32)16-20(3)22-9-11-28(6)24-8-7-23-26(4,18-31)25(36-37(33,34)35)10-12-29(23)17-30(24,29)14-13-27(22,28)5/h15,20,22-25,31H,7-14,16-18H2,1-6H3,(H,33,34,35). The number of fused-ring (bicyclic) bond motifs is 2. The second kappa shape index (κ2) is 8.62. The van der Waals surface area contributed by atoms with Crippen LogP contribution >= 0.6 is 0 Å². The normalized spacial score (nSPS) is 49.2. The van der Waals surface area contributed by atoms with E-state index < -0.39 is 21.9 Å². The van der Waals surface area contributed by atoms with E-state index in [-0.39, 0.29) is 40.0 Å². The minimum absolute atomic E-state index is 0.130. The van der Waals surface area contributed by atoms with Crippen molar-refractivity contribution in [1.82, 2.24) is 0 Å². The van der Waals surface area contributed by atoms with Gasteiger partial charge in [-0.1, -0.05) is 33.3 Å². The second-order valence-electron chi connectivity index (χ2n) is 14.7. The Morgan fingerprint density at radius 3 is 2.24 bits per heavy atom. The van der Waals surface area contributed by atoms with Gasteiger partial charge in [0.1, 0.15) is 0 Å². The zero-order chi connectivity index (χ0) is 27.2. The molecular weight excluding hydrogens is 488 g/mol. The van der Waals surface area contributed by atoms with Crippen LogP contribution < -0.4 is 0 Å². The lowest BCUT2D eigenvalue weighted by Crippen LogP contribution is -2.59. The molecule has 0 aromatic carbocycles. The van der Waals surface area contributed by atoms with Crippen LogP contribution in [0.3, 0.4) is 0 Å².